The van der Waals surface area contributed by atoms with E-state index in [1.807, 2.05) is 12.1 Å². The third-order valence-electron chi connectivity index (χ3n) is 3.12. The summed E-state index contributed by atoms with van der Waals surface area (Å²) in [5, 5.41) is 0. The van der Waals surface area contributed by atoms with Crippen LogP contribution in [0.2, 0.25) is 0 Å². The topological polar surface area (TPSA) is 17.1 Å². The maximum atomic E-state index is 14.0. The van der Waals surface area contributed by atoms with Gasteiger partial charge in [-0.25, -0.2) is 0 Å². The first kappa shape index (κ1) is 18.9. The van der Waals surface area contributed by atoms with Gasteiger partial charge >= 0.3 is 175 Å². The van der Waals surface area contributed by atoms with E-state index in [-0.39, 0.29) is 0 Å². The SMILES string of the molecule is Cc1ccccc1[I-]P(=O)([I-]c1ccccc1)[I-]c1ccccc1. The van der Waals surface area contributed by atoms with Crippen molar-refractivity contribution in [2.45, 2.75) is 6.92 Å². The van der Waals surface area contributed by atoms with Gasteiger partial charge in [0.25, 0.3) is 0 Å². The summed E-state index contributed by atoms with van der Waals surface area (Å²) in [4.78, 5) is 0. The van der Waals surface area contributed by atoms with Crippen molar-refractivity contribution in [2.75, 3.05) is 0 Å². The molecule has 0 aliphatic carbocycles. The van der Waals surface area contributed by atoms with Crippen molar-refractivity contribution in [3.63, 3.8) is 0 Å². The van der Waals surface area contributed by atoms with E-state index in [0.717, 1.165) is 0 Å². The summed E-state index contributed by atoms with van der Waals surface area (Å²) in [5.74, 6) is 0. The van der Waals surface area contributed by atoms with Crippen molar-refractivity contribution in [3.05, 3.63) is 101 Å². The van der Waals surface area contributed by atoms with Gasteiger partial charge in [-0.3, -0.25) is 0 Å². The first-order chi connectivity index (χ1) is 11.6. The number of hydrogen-bond acceptors (Lipinski definition) is 1. The Morgan fingerprint density at radius 3 is 1.58 bits per heavy atom. The van der Waals surface area contributed by atoms with E-state index in [0.29, 0.717) is 0 Å². The summed E-state index contributed by atoms with van der Waals surface area (Å²) in [7, 11) is 0. The van der Waals surface area contributed by atoms with Crippen LogP contribution in [-0.2, 0) is 4.57 Å². The number of benzene rings is 3. The third kappa shape index (κ3) is 5.54. The fourth-order valence-corrected chi connectivity index (χ4v) is 44.8. The second kappa shape index (κ2) is 9.14. The Morgan fingerprint density at radius 1 is 0.625 bits per heavy atom. The Labute approximate surface area is 172 Å². The van der Waals surface area contributed by atoms with Crippen molar-refractivity contribution >= 4 is 0.0694 Å². The zero-order valence-corrected chi connectivity index (χ0v) is 20.4. The van der Waals surface area contributed by atoms with Gasteiger partial charge in [-0.2, -0.15) is 0 Å². The van der Waals surface area contributed by atoms with Crippen LogP contribution in [0.5, 0.6) is 0 Å². The van der Waals surface area contributed by atoms with E-state index < -0.39 is 62.0 Å². The summed E-state index contributed by atoms with van der Waals surface area (Å²) in [6.45, 7) is 2.15. The molecule has 3 aromatic carbocycles. The van der Waals surface area contributed by atoms with Crippen LogP contribution in [0, 0.1) is 17.6 Å². The molecule has 5 heteroatoms. The third-order valence-corrected chi connectivity index (χ3v) is 38.9. The average molecular weight is 673 g/mol. The van der Waals surface area contributed by atoms with E-state index in [1.165, 1.54) is 16.3 Å². The summed E-state index contributed by atoms with van der Waals surface area (Å²) in [6, 6.07) is 29.6. The van der Waals surface area contributed by atoms with Gasteiger partial charge in [-0.15, -0.1) is 0 Å². The molecule has 3 rings (SSSR count). The van der Waals surface area contributed by atoms with Crippen molar-refractivity contribution in [1.82, 2.24) is 0 Å². The normalized spacial score (nSPS) is 11.9. The standard InChI is InChI=1S/C19H17I3OP/c1-16-10-8-9-15-19(16)22-24(23,20-17-11-4-2-5-12-17)21-18-13-6-3-7-14-18/h2-15H,1H3/q-3. The van der Waals surface area contributed by atoms with E-state index in [9.17, 15) is 4.57 Å². The first-order valence-corrected chi connectivity index (χ1v) is 20.7. The quantitative estimate of drug-likeness (QED) is 0.195. The van der Waals surface area contributed by atoms with Crippen molar-refractivity contribution in [3.8, 4) is 0 Å². The van der Waals surface area contributed by atoms with Gasteiger partial charge in [-0.1, -0.05) is 0 Å². The van der Waals surface area contributed by atoms with Crippen LogP contribution >= 0.6 is 0.0694 Å². The fraction of sp³-hybridized carbons (Fsp3) is 0.0526. The molecule has 0 unspecified atom stereocenters. The van der Waals surface area contributed by atoms with E-state index >= 15 is 0 Å². The average Bonchev–Trinajstić information content (AvgIpc) is 2.58. The second-order valence-corrected chi connectivity index (χ2v) is 43.1. The van der Waals surface area contributed by atoms with E-state index in [2.05, 4.69) is 79.7 Å². The van der Waals surface area contributed by atoms with Crippen LogP contribution in [0.3, 0.4) is 0 Å². The van der Waals surface area contributed by atoms with Crippen LogP contribution in [0.25, 0.3) is 0 Å². The molecule has 0 aliphatic heterocycles. The molecule has 0 radical (unpaired) electrons. The minimum atomic E-state index is -2.08. The van der Waals surface area contributed by atoms with Gasteiger partial charge in [0.05, 0.1) is 0 Å². The van der Waals surface area contributed by atoms with Crippen LogP contribution in [0.1, 0.15) is 5.56 Å². The summed E-state index contributed by atoms with van der Waals surface area (Å²) >= 11 is -1.31. The maximum absolute atomic E-state index is 14.0. The molecular formula is C19H17I3OP-3. The summed E-state index contributed by atoms with van der Waals surface area (Å²) in [6.07, 6.45) is 0. The van der Waals surface area contributed by atoms with Gasteiger partial charge < -0.3 is 0 Å². The molecule has 0 N–H and O–H groups in total. The molecule has 0 spiro atoms. The number of hydrogen-bond donors (Lipinski definition) is 0. The molecule has 0 atom stereocenters. The molecule has 0 amide bonds. The Hall–Kier alpha value is 0.0800. The molecule has 3 aromatic rings. The van der Waals surface area contributed by atoms with E-state index in [1.54, 1.807) is 0 Å². The first-order valence-electron chi connectivity index (χ1n) is 7.41. The molecule has 0 aromatic heterocycles. The Balaban J connectivity index is 1.91. The van der Waals surface area contributed by atoms with Gasteiger partial charge in [-0.05, 0) is 0 Å². The monoisotopic (exact) mass is 673 g/mol. The molecule has 0 aliphatic rings. The van der Waals surface area contributed by atoms with Crippen LogP contribution < -0.4 is 62.0 Å². The number of aryl methyl sites for hydroxylation is 1. The summed E-state index contributed by atoms with van der Waals surface area (Å²) in [5.41, 5.74) is 1.31. The molecule has 0 saturated heterocycles. The van der Waals surface area contributed by atoms with Crippen LogP contribution in [0.15, 0.2) is 84.9 Å². The molecule has 0 bridgehead atoms. The van der Waals surface area contributed by atoms with Gasteiger partial charge in [0.1, 0.15) is 0 Å². The predicted octanol–water partition coefficient (Wildman–Crippen LogP) is -3.72. The van der Waals surface area contributed by atoms with Gasteiger partial charge in [0.2, 0.25) is 0 Å². The molecule has 0 fully saturated rings. The van der Waals surface area contributed by atoms with Crippen molar-refractivity contribution in [1.29, 1.82) is 0 Å². The van der Waals surface area contributed by atoms with Crippen molar-refractivity contribution < 1.29 is 66.5 Å². The Morgan fingerprint density at radius 2 is 1.08 bits per heavy atom. The molecule has 0 saturated carbocycles. The Bertz CT molecular complexity index is 792. The molecule has 1 nitrogen and oxygen atoms in total. The predicted molar refractivity (Wildman–Crippen MR) is 87.8 cm³/mol. The van der Waals surface area contributed by atoms with Crippen LogP contribution in [-0.4, -0.2) is 0 Å². The zero-order valence-electron chi connectivity index (χ0n) is 13.1. The number of halogens is 3. The second-order valence-electron chi connectivity index (χ2n) is 4.99. The molecule has 24 heavy (non-hydrogen) atoms. The summed E-state index contributed by atoms with van der Waals surface area (Å²) < 4.78 is 16.0. The van der Waals surface area contributed by atoms with Crippen LogP contribution in [0.4, 0.5) is 0 Å². The van der Waals surface area contributed by atoms with E-state index in [4.69, 9.17) is 0 Å². The zero-order chi connectivity index (χ0) is 16.8. The number of rotatable bonds is 6. The molecule has 128 valence electrons. The van der Waals surface area contributed by atoms with Gasteiger partial charge in [0.15, 0.2) is 0 Å². The fourth-order valence-electron chi connectivity index (χ4n) is 1.97. The van der Waals surface area contributed by atoms with Gasteiger partial charge in [0, 0.05) is 0 Å². The Kier molecular flexibility index (Phi) is 7.18. The van der Waals surface area contributed by atoms with Crippen molar-refractivity contribution in [2.24, 2.45) is 0 Å². The molecule has 0 heterocycles. The molecular weight excluding hydrogens is 656 g/mol. The minimum absolute atomic E-state index is 0.434.